The molecule has 1 rings (SSSR count). The Hall–Kier alpha value is 0.665. The SMILES string of the molecule is Cc1cc(I)c(I)c(B(O)O)c1. The molecule has 2 nitrogen and oxygen atoms in total. The Morgan fingerprint density at radius 2 is 1.83 bits per heavy atom. The Balaban J connectivity index is 3.28. The van der Waals surface area contributed by atoms with Gasteiger partial charge in [-0.3, -0.25) is 0 Å². The third-order valence-corrected chi connectivity index (χ3v) is 4.57. The first-order valence-electron chi connectivity index (χ1n) is 3.34. The third-order valence-electron chi connectivity index (χ3n) is 1.48. The molecule has 0 aliphatic carbocycles. The summed E-state index contributed by atoms with van der Waals surface area (Å²) in [6.45, 7) is 1.93. The number of halogens is 2. The lowest BCUT2D eigenvalue weighted by Crippen LogP contribution is -2.33. The van der Waals surface area contributed by atoms with Crippen molar-refractivity contribution in [2.75, 3.05) is 0 Å². The van der Waals surface area contributed by atoms with Gasteiger partial charge in [0.1, 0.15) is 0 Å². The summed E-state index contributed by atoms with van der Waals surface area (Å²) in [7, 11) is -1.37. The zero-order valence-electron chi connectivity index (χ0n) is 6.38. The van der Waals surface area contributed by atoms with Crippen LogP contribution >= 0.6 is 45.2 Å². The maximum absolute atomic E-state index is 9.00. The summed E-state index contributed by atoms with van der Waals surface area (Å²) in [6.07, 6.45) is 0. The molecule has 0 aliphatic rings. The van der Waals surface area contributed by atoms with Crippen molar-refractivity contribution in [3.63, 3.8) is 0 Å². The lowest BCUT2D eigenvalue weighted by molar-refractivity contribution is 0.425. The van der Waals surface area contributed by atoms with Crippen molar-refractivity contribution >= 4 is 57.8 Å². The number of benzene rings is 1. The van der Waals surface area contributed by atoms with Gasteiger partial charge < -0.3 is 10.0 Å². The van der Waals surface area contributed by atoms with E-state index in [0.29, 0.717) is 5.46 Å². The van der Waals surface area contributed by atoms with Crippen LogP contribution in [0.4, 0.5) is 0 Å². The lowest BCUT2D eigenvalue weighted by Gasteiger charge is -2.06. The van der Waals surface area contributed by atoms with Crippen LogP contribution in [0.25, 0.3) is 0 Å². The van der Waals surface area contributed by atoms with E-state index in [1.807, 2.05) is 13.0 Å². The van der Waals surface area contributed by atoms with Crippen LogP contribution in [-0.2, 0) is 0 Å². The normalized spacial score (nSPS) is 10.1. The van der Waals surface area contributed by atoms with Crippen molar-refractivity contribution in [2.24, 2.45) is 0 Å². The molecule has 0 saturated carbocycles. The quantitative estimate of drug-likeness (QED) is 0.555. The molecule has 1 aromatic rings. The van der Waals surface area contributed by atoms with E-state index in [1.165, 1.54) is 0 Å². The van der Waals surface area contributed by atoms with Crippen LogP contribution in [0.3, 0.4) is 0 Å². The number of rotatable bonds is 1. The molecule has 12 heavy (non-hydrogen) atoms. The van der Waals surface area contributed by atoms with Crippen molar-refractivity contribution in [2.45, 2.75) is 6.92 Å². The van der Waals surface area contributed by atoms with Crippen molar-refractivity contribution in [1.29, 1.82) is 0 Å². The van der Waals surface area contributed by atoms with Crippen LogP contribution in [-0.4, -0.2) is 17.2 Å². The summed E-state index contributed by atoms with van der Waals surface area (Å²) in [4.78, 5) is 0. The van der Waals surface area contributed by atoms with Gasteiger partial charge in [0, 0.05) is 7.14 Å². The molecule has 0 unspecified atom stereocenters. The average molecular weight is 388 g/mol. The zero-order chi connectivity index (χ0) is 9.30. The predicted octanol–water partition coefficient (Wildman–Crippen LogP) is 0.884. The molecule has 0 aromatic heterocycles. The first kappa shape index (κ1) is 10.7. The Bertz CT molecular complexity index is 302. The molecule has 0 amide bonds. The van der Waals surface area contributed by atoms with Crippen LogP contribution in [0.2, 0.25) is 0 Å². The summed E-state index contributed by atoms with van der Waals surface area (Å²) in [5, 5.41) is 18.0. The molecule has 64 valence electrons. The van der Waals surface area contributed by atoms with Gasteiger partial charge in [0.05, 0.1) is 0 Å². The standard InChI is InChI=1S/C7H7BI2O2/c1-4-2-5(8(11)12)7(10)6(9)3-4/h2-3,11-12H,1H3. The van der Waals surface area contributed by atoms with Crippen molar-refractivity contribution < 1.29 is 10.0 Å². The van der Waals surface area contributed by atoms with Crippen LogP contribution < -0.4 is 5.46 Å². The zero-order valence-corrected chi connectivity index (χ0v) is 10.7. The minimum absolute atomic E-state index is 0.583. The maximum atomic E-state index is 9.00. The molecule has 0 heterocycles. The molecule has 0 atom stereocenters. The minimum Gasteiger partial charge on any atom is -0.423 e. The van der Waals surface area contributed by atoms with Gasteiger partial charge in [0.25, 0.3) is 0 Å². The maximum Gasteiger partial charge on any atom is 0.489 e. The topological polar surface area (TPSA) is 40.5 Å². The fourth-order valence-corrected chi connectivity index (χ4v) is 2.33. The molecular weight excluding hydrogens is 381 g/mol. The fourth-order valence-electron chi connectivity index (χ4n) is 0.939. The second-order valence-corrected chi connectivity index (χ2v) is 4.76. The van der Waals surface area contributed by atoms with Crippen molar-refractivity contribution in [3.8, 4) is 0 Å². The largest absolute Gasteiger partial charge is 0.489 e. The van der Waals surface area contributed by atoms with Crippen LogP contribution in [0, 0.1) is 14.1 Å². The van der Waals surface area contributed by atoms with E-state index >= 15 is 0 Å². The Kier molecular flexibility index (Phi) is 3.81. The molecule has 0 fully saturated rings. The molecule has 1 aromatic carbocycles. The van der Waals surface area contributed by atoms with Gasteiger partial charge in [0.2, 0.25) is 0 Å². The Morgan fingerprint density at radius 1 is 1.25 bits per heavy atom. The van der Waals surface area contributed by atoms with Crippen LogP contribution in [0.1, 0.15) is 5.56 Å². The van der Waals surface area contributed by atoms with E-state index in [9.17, 15) is 0 Å². The Morgan fingerprint density at radius 3 is 2.33 bits per heavy atom. The van der Waals surface area contributed by atoms with Crippen LogP contribution in [0.15, 0.2) is 12.1 Å². The molecule has 0 bridgehead atoms. The van der Waals surface area contributed by atoms with E-state index < -0.39 is 7.12 Å². The molecule has 0 saturated heterocycles. The second kappa shape index (κ2) is 4.25. The number of hydrogen-bond donors (Lipinski definition) is 2. The van der Waals surface area contributed by atoms with E-state index in [1.54, 1.807) is 6.07 Å². The molecule has 2 N–H and O–H groups in total. The van der Waals surface area contributed by atoms with Crippen LogP contribution in [0.5, 0.6) is 0 Å². The predicted molar refractivity (Wildman–Crippen MR) is 66.4 cm³/mol. The molecule has 0 aliphatic heterocycles. The molecule has 0 spiro atoms. The van der Waals surface area contributed by atoms with E-state index in [2.05, 4.69) is 45.2 Å². The summed E-state index contributed by atoms with van der Waals surface area (Å²) in [5.74, 6) is 0. The molecule has 0 radical (unpaired) electrons. The van der Waals surface area contributed by atoms with Gasteiger partial charge in [-0.15, -0.1) is 0 Å². The molecular formula is C7H7BI2O2. The highest BCUT2D eigenvalue weighted by Gasteiger charge is 2.16. The van der Waals surface area contributed by atoms with Crippen molar-refractivity contribution in [1.82, 2.24) is 0 Å². The highest BCUT2D eigenvalue weighted by molar-refractivity contribution is 14.1. The summed E-state index contributed by atoms with van der Waals surface area (Å²) >= 11 is 4.29. The summed E-state index contributed by atoms with van der Waals surface area (Å²) in [6, 6.07) is 3.79. The van der Waals surface area contributed by atoms with Crippen molar-refractivity contribution in [3.05, 3.63) is 24.8 Å². The highest BCUT2D eigenvalue weighted by Crippen LogP contribution is 2.14. The average Bonchev–Trinajstić information content (AvgIpc) is 1.96. The van der Waals surface area contributed by atoms with E-state index in [0.717, 1.165) is 12.7 Å². The highest BCUT2D eigenvalue weighted by atomic mass is 127. The molecule has 5 heteroatoms. The first-order valence-corrected chi connectivity index (χ1v) is 5.50. The fraction of sp³-hybridized carbons (Fsp3) is 0.143. The minimum atomic E-state index is -1.37. The van der Waals surface area contributed by atoms with Gasteiger partial charge in [-0.1, -0.05) is 11.6 Å². The smallest absolute Gasteiger partial charge is 0.423 e. The second-order valence-electron chi connectivity index (χ2n) is 2.52. The van der Waals surface area contributed by atoms with Gasteiger partial charge in [0.15, 0.2) is 0 Å². The van der Waals surface area contributed by atoms with E-state index in [-0.39, 0.29) is 0 Å². The van der Waals surface area contributed by atoms with Gasteiger partial charge in [-0.05, 0) is 63.6 Å². The van der Waals surface area contributed by atoms with Gasteiger partial charge in [-0.25, -0.2) is 0 Å². The summed E-state index contributed by atoms with van der Waals surface area (Å²) < 4.78 is 1.96. The Labute approximate surface area is 98.8 Å². The lowest BCUT2D eigenvalue weighted by atomic mass is 9.80. The first-order chi connectivity index (χ1) is 5.52. The van der Waals surface area contributed by atoms with Gasteiger partial charge in [-0.2, -0.15) is 0 Å². The number of hydrogen-bond acceptors (Lipinski definition) is 2. The van der Waals surface area contributed by atoms with Gasteiger partial charge >= 0.3 is 7.12 Å². The number of aryl methyl sites for hydroxylation is 1. The van der Waals surface area contributed by atoms with E-state index in [4.69, 9.17) is 10.0 Å². The monoisotopic (exact) mass is 388 g/mol. The summed E-state index contributed by atoms with van der Waals surface area (Å²) in [5.41, 5.74) is 1.63. The third kappa shape index (κ3) is 2.33.